The second-order valence-electron chi connectivity index (χ2n) is 8.73. The zero-order valence-electron chi connectivity index (χ0n) is 20.8. The molecule has 7 heteroatoms. The highest BCUT2D eigenvalue weighted by Gasteiger charge is 2.21. The fourth-order valence-corrected chi connectivity index (χ4v) is 3.63. The molecule has 0 aromatic carbocycles. The van der Waals surface area contributed by atoms with Crippen LogP contribution in [-0.2, 0) is 14.3 Å². The van der Waals surface area contributed by atoms with Gasteiger partial charge in [-0.1, -0.05) is 90.9 Å². The number of guanidine groups is 1. The maximum absolute atomic E-state index is 12.3. The fraction of sp³-hybridized carbons (Fsp3) is 0.880. The van der Waals surface area contributed by atoms with Crippen LogP contribution in [-0.4, -0.2) is 37.0 Å². The van der Waals surface area contributed by atoms with E-state index in [4.69, 9.17) is 16.2 Å². The van der Waals surface area contributed by atoms with Crippen molar-refractivity contribution < 1.29 is 14.3 Å². The van der Waals surface area contributed by atoms with Crippen LogP contribution in [0.3, 0.4) is 0 Å². The molecule has 0 rings (SSSR count). The van der Waals surface area contributed by atoms with Crippen molar-refractivity contribution in [3.05, 3.63) is 0 Å². The maximum atomic E-state index is 12.3. The van der Waals surface area contributed by atoms with Gasteiger partial charge in [0.15, 0.2) is 5.96 Å². The summed E-state index contributed by atoms with van der Waals surface area (Å²) >= 11 is 0. The molecule has 0 radical (unpaired) electrons. The molecule has 0 aliphatic carbocycles. The van der Waals surface area contributed by atoms with Gasteiger partial charge in [-0.05, 0) is 25.7 Å². The molecule has 0 aromatic rings. The Morgan fingerprint density at radius 3 is 1.81 bits per heavy atom. The van der Waals surface area contributed by atoms with E-state index in [1.165, 1.54) is 70.6 Å². The Balaban J connectivity index is 3.87. The van der Waals surface area contributed by atoms with Crippen LogP contribution in [0.5, 0.6) is 0 Å². The Labute approximate surface area is 196 Å². The summed E-state index contributed by atoms with van der Waals surface area (Å²) in [6.07, 6.45) is 18.8. The van der Waals surface area contributed by atoms with Crippen LogP contribution in [0.2, 0.25) is 0 Å². The van der Waals surface area contributed by atoms with Crippen molar-refractivity contribution >= 4 is 17.8 Å². The third-order valence-electron chi connectivity index (χ3n) is 5.52. The number of nitrogens with zero attached hydrogens (tertiary/aromatic N) is 1. The van der Waals surface area contributed by atoms with Crippen molar-refractivity contribution in [3.8, 4) is 0 Å². The first-order valence-corrected chi connectivity index (χ1v) is 13.0. The lowest BCUT2D eigenvalue weighted by atomic mass is 10.0. The van der Waals surface area contributed by atoms with Crippen LogP contribution >= 0.6 is 0 Å². The summed E-state index contributed by atoms with van der Waals surface area (Å²) < 4.78 is 5.22. The number of hydrogen-bond donors (Lipinski definition) is 3. The van der Waals surface area contributed by atoms with Gasteiger partial charge in [-0.3, -0.25) is 9.79 Å². The number of ether oxygens (including phenoxy) is 1. The summed E-state index contributed by atoms with van der Waals surface area (Å²) in [5, 5.41) is 2.83. The first-order valence-electron chi connectivity index (χ1n) is 13.0. The molecular weight excluding hydrogens is 404 g/mol. The number of carbonyl (C=O) groups excluding carboxylic acids is 2. The van der Waals surface area contributed by atoms with E-state index in [1.54, 1.807) is 0 Å². The summed E-state index contributed by atoms with van der Waals surface area (Å²) in [5.74, 6) is -0.440. The molecule has 0 aliphatic rings. The zero-order chi connectivity index (χ0) is 23.9. The van der Waals surface area contributed by atoms with Crippen LogP contribution in [0.25, 0.3) is 0 Å². The molecule has 0 aliphatic heterocycles. The molecule has 32 heavy (non-hydrogen) atoms. The van der Waals surface area contributed by atoms with Gasteiger partial charge >= 0.3 is 5.97 Å². The smallest absolute Gasteiger partial charge is 0.328 e. The van der Waals surface area contributed by atoms with Crippen LogP contribution < -0.4 is 16.8 Å². The van der Waals surface area contributed by atoms with Crippen molar-refractivity contribution in [3.63, 3.8) is 0 Å². The maximum Gasteiger partial charge on any atom is 0.328 e. The molecule has 0 bridgehead atoms. The standard InChI is InChI=1S/C25H50N4O3/c1-3-5-6-7-8-9-10-11-12-13-14-15-16-19-23(30)29-22(24(31)32-21-4-2)18-17-20-28-25(26)27/h22H,3-21H2,1-2H3,(H,29,30)(H4,26,27,28)/t22-/m0/s1. The summed E-state index contributed by atoms with van der Waals surface area (Å²) in [6, 6.07) is -0.634. The van der Waals surface area contributed by atoms with E-state index < -0.39 is 6.04 Å². The lowest BCUT2D eigenvalue weighted by molar-refractivity contribution is -0.148. The quantitative estimate of drug-likeness (QED) is 0.0924. The van der Waals surface area contributed by atoms with Gasteiger partial charge in [0, 0.05) is 13.0 Å². The minimum absolute atomic E-state index is 0.0292. The Morgan fingerprint density at radius 1 is 0.781 bits per heavy atom. The third kappa shape index (κ3) is 20.1. The number of carbonyl (C=O) groups is 2. The van der Waals surface area contributed by atoms with Gasteiger partial charge < -0.3 is 21.5 Å². The normalized spacial score (nSPS) is 11.7. The summed E-state index contributed by atoms with van der Waals surface area (Å²) in [6.45, 7) is 4.98. The van der Waals surface area contributed by atoms with E-state index in [-0.39, 0.29) is 17.8 Å². The van der Waals surface area contributed by atoms with E-state index in [0.29, 0.717) is 32.4 Å². The Bertz CT molecular complexity index is 494. The molecule has 7 nitrogen and oxygen atoms in total. The van der Waals surface area contributed by atoms with Crippen molar-refractivity contribution in [1.82, 2.24) is 5.32 Å². The molecule has 0 spiro atoms. The highest BCUT2D eigenvalue weighted by Crippen LogP contribution is 2.13. The van der Waals surface area contributed by atoms with Crippen molar-refractivity contribution in [2.24, 2.45) is 16.5 Å². The van der Waals surface area contributed by atoms with E-state index in [9.17, 15) is 9.59 Å². The molecule has 1 atom stereocenters. The minimum atomic E-state index is -0.634. The number of aliphatic imine (C=N–C) groups is 1. The molecule has 0 heterocycles. The Morgan fingerprint density at radius 2 is 1.31 bits per heavy atom. The molecule has 0 unspecified atom stereocenters. The number of unbranched alkanes of at least 4 members (excludes halogenated alkanes) is 12. The SMILES string of the molecule is CCCCCCCCCCCCCCCC(=O)N[C@@H](CCCN=C(N)N)C(=O)OCCC. The Hall–Kier alpha value is -1.79. The van der Waals surface area contributed by atoms with E-state index in [2.05, 4.69) is 17.2 Å². The third-order valence-corrected chi connectivity index (χ3v) is 5.52. The molecule has 5 N–H and O–H groups in total. The second kappa shape index (κ2) is 22.4. The Kier molecular flexibility index (Phi) is 21.2. The molecule has 0 aromatic heterocycles. The summed E-state index contributed by atoms with van der Waals surface area (Å²) in [5.41, 5.74) is 10.6. The van der Waals surface area contributed by atoms with Gasteiger partial charge in [0.2, 0.25) is 5.91 Å². The van der Waals surface area contributed by atoms with Gasteiger partial charge in [0.25, 0.3) is 0 Å². The predicted molar refractivity (Wildman–Crippen MR) is 133 cm³/mol. The van der Waals surface area contributed by atoms with Gasteiger partial charge in [-0.2, -0.15) is 0 Å². The van der Waals surface area contributed by atoms with Gasteiger partial charge in [0.05, 0.1) is 6.61 Å². The van der Waals surface area contributed by atoms with Crippen molar-refractivity contribution in [2.45, 2.75) is 129 Å². The average molecular weight is 455 g/mol. The van der Waals surface area contributed by atoms with Crippen LogP contribution in [0, 0.1) is 0 Å². The highest BCUT2D eigenvalue weighted by molar-refractivity contribution is 5.84. The average Bonchev–Trinajstić information content (AvgIpc) is 2.77. The largest absolute Gasteiger partial charge is 0.464 e. The number of hydrogen-bond acceptors (Lipinski definition) is 4. The monoisotopic (exact) mass is 454 g/mol. The number of rotatable bonds is 22. The minimum Gasteiger partial charge on any atom is -0.464 e. The lowest BCUT2D eigenvalue weighted by Crippen LogP contribution is -2.42. The van der Waals surface area contributed by atoms with E-state index >= 15 is 0 Å². The van der Waals surface area contributed by atoms with Gasteiger partial charge in [0.1, 0.15) is 6.04 Å². The van der Waals surface area contributed by atoms with Crippen LogP contribution in [0.1, 0.15) is 123 Å². The van der Waals surface area contributed by atoms with Crippen molar-refractivity contribution in [2.75, 3.05) is 13.2 Å². The van der Waals surface area contributed by atoms with E-state index in [1.807, 2.05) is 6.92 Å². The van der Waals surface area contributed by atoms with Gasteiger partial charge in [-0.25, -0.2) is 4.79 Å². The first kappa shape index (κ1) is 30.2. The number of amides is 1. The van der Waals surface area contributed by atoms with E-state index in [0.717, 1.165) is 19.3 Å². The highest BCUT2D eigenvalue weighted by atomic mass is 16.5. The number of nitrogens with one attached hydrogen (secondary N) is 1. The van der Waals surface area contributed by atoms with Crippen LogP contribution in [0.15, 0.2) is 4.99 Å². The van der Waals surface area contributed by atoms with Gasteiger partial charge in [-0.15, -0.1) is 0 Å². The molecule has 0 saturated heterocycles. The predicted octanol–water partition coefficient (Wildman–Crippen LogP) is 4.96. The molecule has 188 valence electrons. The molecule has 0 fully saturated rings. The zero-order valence-corrected chi connectivity index (χ0v) is 20.8. The number of nitrogens with two attached hydrogens (primary N) is 2. The number of esters is 1. The van der Waals surface area contributed by atoms with Crippen LogP contribution in [0.4, 0.5) is 0 Å². The van der Waals surface area contributed by atoms with Crippen molar-refractivity contribution in [1.29, 1.82) is 0 Å². The lowest BCUT2D eigenvalue weighted by Gasteiger charge is -2.17. The summed E-state index contributed by atoms with van der Waals surface area (Å²) in [4.78, 5) is 28.4. The molecular formula is C25H50N4O3. The fourth-order valence-electron chi connectivity index (χ4n) is 3.63. The molecule has 0 saturated carbocycles. The second-order valence-corrected chi connectivity index (χ2v) is 8.73. The molecule has 1 amide bonds. The summed E-state index contributed by atoms with van der Waals surface area (Å²) in [7, 11) is 0. The first-order chi connectivity index (χ1) is 15.5. The topological polar surface area (TPSA) is 120 Å².